The highest BCUT2D eigenvalue weighted by Gasteiger charge is 2.28. The first-order valence-electron chi connectivity index (χ1n) is 6.19. The first-order valence-corrected chi connectivity index (χ1v) is 6.19. The minimum Gasteiger partial charge on any atom is -0.396 e. The van der Waals surface area contributed by atoms with Crippen LogP contribution in [0.15, 0.2) is 0 Å². The molecule has 96 valence electrons. The molecule has 1 atom stereocenters. The normalized spacial score (nSPS) is 23.2. The molecule has 0 radical (unpaired) electrons. The van der Waals surface area contributed by atoms with E-state index in [0.29, 0.717) is 19.1 Å². The van der Waals surface area contributed by atoms with Gasteiger partial charge in [-0.1, -0.05) is 13.3 Å². The molecule has 0 saturated carbocycles. The first kappa shape index (κ1) is 13.9. The van der Waals surface area contributed by atoms with E-state index in [1.54, 1.807) is 0 Å². The van der Waals surface area contributed by atoms with Gasteiger partial charge in [-0.2, -0.15) is 0 Å². The molecule has 4 heteroatoms. The molecule has 1 saturated heterocycles. The van der Waals surface area contributed by atoms with Gasteiger partial charge in [0.15, 0.2) is 5.79 Å². The molecule has 0 aliphatic carbocycles. The summed E-state index contributed by atoms with van der Waals surface area (Å²) in [6, 6.07) is 0.278. The molecule has 0 aromatic heterocycles. The van der Waals surface area contributed by atoms with E-state index < -0.39 is 5.79 Å². The van der Waals surface area contributed by atoms with Gasteiger partial charge in [-0.05, 0) is 32.7 Å². The Labute approximate surface area is 98.3 Å². The summed E-state index contributed by atoms with van der Waals surface area (Å²) in [5, 5.41) is 12.3. The van der Waals surface area contributed by atoms with Crippen molar-refractivity contribution in [2.24, 2.45) is 5.92 Å². The van der Waals surface area contributed by atoms with Gasteiger partial charge in [0, 0.05) is 6.61 Å². The van der Waals surface area contributed by atoms with E-state index >= 15 is 0 Å². The fourth-order valence-electron chi connectivity index (χ4n) is 1.78. The molecule has 1 aliphatic heterocycles. The van der Waals surface area contributed by atoms with Crippen molar-refractivity contribution in [2.75, 3.05) is 26.4 Å². The fraction of sp³-hybridized carbons (Fsp3) is 1.00. The van der Waals surface area contributed by atoms with Crippen molar-refractivity contribution in [3.63, 3.8) is 0 Å². The molecule has 1 heterocycles. The highest BCUT2D eigenvalue weighted by Crippen LogP contribution is 2.17. The molecule has 2 N–H and O–H groups in total. The maximum absolute atomic E-state index is 8.90. The van der Waals surface area contributed by atoms with Gasteiger partial charge in [-0.25, -0.2) is 0 Å². The molecule has 4 nitrogen and oxygen atoms in total. The van der Waals surface area contributed by atoms with Gasteiger partial charge >= 0.3 is 0 Å². The number of nitrogens with one attached hydrogen (secondary N) is 1. The monoisotopic (exact) mass is 231 g/mol. The number of rotatable bonds is 6. The summed E-state index contributed by atoms with van der Waals surface area (Å²) >= 11 is 0. The predicted molar refractivity (Wildman–Crippen MR) is 63.3 cm³/mol. The predicted octanol–water partition coefficient (Wildman–Crippen LogP) is 1.14. The zero-order chi connectivity index (χ0) is 12.0. The van der Waals surface area contributed by atoms with Gasteiger partial charge in [0.1, 0.15) is 0 Å². The average Bonchev–Trinajstić information content (AvgIpc) is 2.26. The molecule has 0 aromatic carbocycles. The quantitative estimate of drug-likeness (QED) is 0.719. The summed E-state index contributed by atoms with van der Waals surface area (Å²) in [4.78, 5) is 0. The van der Waals surface area contributed by atoms with Gasteiger partial charge in [0.2, 0.25) is 0 Å². The molecule has 1 aliphatic rings. The van der Waals surface area contributed by atoms with Crippen molar-refractivity contribution in [2.45, 2.75) is 45.4 Å². The van der Waals surface area contributed by atoms with Crippen LogP contribution in [0, 0.1) is 5.92 Å². The molecular weight excluding hydrogens is 206 g/mol. The van der Waals surface area contributed by atoms with Crippen molar-refractivity contribution < 1.29 is 14.6 Å². The summed E-state index contributed by atoms with van der Waals surface area (Å²) < 4.78 is 11.1. The minimum absolute atomic E-state index is 0.269. The van der Waals surface area contributed by atoms with Crippen molar-refractivity contribution in [3.8, 4) is 0 Å². The summed E-state index contributed by atoms with van der Waals surface area (Å²) in [5.74, 6) is 0.105. The number of ether oxygens (including phenoxy) is 2. The first-order chi connectivity index (χ1) is 7.57. The Morgan fingerprint density at radius 1 is 1.38 bits per heavy atom. The van der Waals surface area contributed by atoms with Crippen LogP contribution in [-0.2, 0) is 9.47 Å². The Bertz CT molecular complexity index is 187. The average molecular weight is 231 g/mol. The maximum Gasteiger partial charge on any atom is 0.162 e. The van der Waals surface area contributed by atoms with Crippen LogP contribution in [-0.4, -0.2) is 43.3 Å². The topological polar surface area (TPSA) is 50.7 Å². The molecule has 1 unspecified atom stereocenters. The molecule has 0 bridgehead atoms. The minimum atomic E-state index is -0.437. The van der Waals surface area contributed by atoms with Crippen LogP contribution >= 0.6 is 0 Å². The molecule has 16 heavy (non-hydrogen) atoms. The summed E-state index contributed by atoms with van der Waals surface area (Å²) in [6.07, 6.45) is 1.96. The molecule has 0 aromatic rings. The summed E-state index contributed by atoms with van der Waals surface area (Å²) in [6.45, 7) is 8.61. The number of hydrogen-bond donors (Lipinski definition) is 2. The van der Waals surface area contributed by atoms with E-state index in [1.807, 2.05) is 13.8 Å². The fourth-order valence-corrected chi connectivity index (χ4v) is 1.78. The standard InChI is InChI=1S/C12H25NO3/c1-4-10(5-6-14)7-13-11-8-15-12(2,3)16-9-11/h10-11,13-14H,4-9H2,1-3H3. The largest absolute Gasteiger partial charge is 0.396 e. The van der Waals surface area contributed by atoms with Crippen molar-refractivity contribution >= 4 is 0 Å². The Balaban J connectivity index is 2.18. The van der Waals surface area contributed by atoms with E-state index in [4.69, 9.17) is 14.6 Å². The van der Waals surface area contributed by atoms with Crippen LogP contribution < -0.4 is 5.32 Å². The zero-order valence-corrected chi connectivity index (χ0v) is 10.7. The Morgan fingerprint density at radius 3 is 2.50 bits per heavy atom. The zero-order valence-electron chi connectivity index (χ0n) is 10.7. The van der Waals surface area contributed by atoms with Crippen LogP contribution in [0.2, 0.25) is 0 Å². The second kappa shape index (κ2) is 6.55. The lowest BCUT2D eigenvalue weighted by atomic mass is 10.0. The Hall–Kier alpha value is -0.160. The highest BCUT2D eigenvalue weighted by atomic mass is 16.7. The van der Waals surface area contributed by atoms with Gasteiger partial charge in [-0.15, -0.1) is 0 Å². The van der Waals surface area contributed by atoms with Crippen LogP contribution in [0.5, 0.6) is 0 Å². The van der Waals surface area contributed by atoms with E-state index in [2.05, 4.69) is 12.2 Å². The SMILES string of the molecule is CCC(CCO)CNC1COC(C)(C)OC1. The van der Waals surface area contributed by atoms with Crippen LogP contribution in [0.4, 0.5) is 0 Å². The summed E-state index contributed by atoms with van der Waals surface area (Å²) in [5.41, 5.74) is 0. The lowest BCUT2D eigenvalue weighted by Crippen LogP contribution is -2.49. The third kappa shape index (κ3) is 4.78. The van der Waals surface area contributed by atoms with Gasteiger partial charge in [-0.3, -0.25) is 0 Å². The number of aliphatic hydroxyl groups excluding tert-OH is 1. The van der Waals surface area contributed by atoms with E-state index in [9.17, 15) is 0 Å². The lowest BCUT2D eigenvalue weighted by molar-refractivity contribution is -0.253. The molecule has 1 rings (SSSR count). The molecule has 0 amide bonds. The van der Waals surface area contributed by atoms with E-state index in [-0.39, 0.29) is 12.6 Å². The van der Waals surface area contributed by atoms with Crippen molar-refractivity contribution in [1.82, 2.24) is 5.32 Å². The Kier molecular flexibility index (Phi) is 5.69. The molecule has 1 fully saturated rings. The third-order valence-electron chi connectivity index (χ3n) is 3.07. The number of hydrogen-bond acceptors (Lipinski definition) is 4. The summed E-state index contributed by atoms with van der Waals surface area (Å²) in [7, 11) is 0. The smallest absolute Gasteiger partial charge is 0.162 e. The van der Waals surface area contributed by atoms with E-state index in [1.165, 1.54) is 0 Å². The highest BCUT2D eigenvalue weighted by molar-refractivity contribution is 4.74. The van der Waals surface area contributed by atoms with Crippen molar-refractivity contribution in [3.05, 3.63) is 0 Å². The second-order valence-corrected chi connectivity index (χ2v) is 4.91. The number of aliphatic hydroxyl groups is 1. The maximum atomic E-state index is 8.90. The van der Waals surface area contributed by atoms with Crippen LogP contribution in [0.1, 0.15) is 33.6 Å². The van der Waals surface area contributed by atoms with E-state index in [0.717, 1.165) is 19.4 Å². The van der Waals surface area contributed by atoms with Crippen molar-refractivity contribution in [1.29, 1.82) is 0 Å². The molecule has 0 spiro atoms. The van der Waals surface area contributed by atoms with Gasteiger partial charge in [0.05, 0.1) is 19.3 Å². The Morgan fingerprint density at radius 2 is 2.00 bits per heavy atom. The van der Waals surface area contributed by atoms with Gasteiger partial charge < -0.3 is 19.9 Å². The lowest BCUT2D eigenvalue weighted by Gasteiger charge is -2.35. The van der Waals surface area contributed by atoms with Crippen LogP contribution in [0.25, 0.3) is 0 Å². The third-order valence-corrected chi connectivity index (χ3v) is 3.07. The van der Waals surface area contributed by atoms with Crippen LogP contribution in [0.3, 0.4) is 0 Å². The van der Waals surface area contributed by atoms with Gasteiger partial charge in [0.25, 0.3) is 0 Å². The second-order valence-electron chi connectivity index (χ2n) is 4.91. The molecular formula is C12H25NO3.